The van der Waals surface area contributed by atoms with Gasteiger partial charge in [-0.3, -0.25) is 4.98 Å². The summed E-state index contributed by atoms with van der Waals surface area (Å²) < 4.78 is 27.8. The molecule has 0 aliphatic heterocycles. The van der Waals surface area contributed by atoms with Gasteiger partial charge in [0.25, 0.3) is 10.2 Å². The number of hydrogen-bond donors (Lipinski definition) is 1. The van der Waals surface area contributed by atoms with Gasteiger partial charge in [-0.2, -0.15) is 17.0 Å². The molecule has 0 spiro atoms. The van der Waals surface area contributed by atoms with E-state index in [4.69, 9.17) is 0 Å². The SMILES string of the molecule is CCN(Cc1ccncc1)S(=O)(=O)N(C)CCCNC. The summed E-state index contributed by atoms with van der Waals surface area (Å²) in [5.41, 5.74) is 0.939. The first-order valence-electron chi connectivity index (χ1n) is 6.77. The first-order valence-corrected chi connectivity index (χ1v) is 8.17. The molecule has 20 heavy (non-hydrogen) atoms. The third kappa shape index (κ3) is 4.82. The number of aromatic nitrogens is 1. The minimum Gasteiger partial charge on any atom is -0.320 e. The molecule has 114 valence electrons. The molecule has 7 heteroatoms. The van der Waals surface area contributed by atoms with Crippen molar-refractivity contribution in [3.63, 3.8) is 0 Å². The highest BCUT2D eigenvalue weighted by atomic mass is 32.2. The van der Waals surface area contributed by atoms with Gasteiger partial charge in [-0.1, -0.05) is 6.92 Å². The van der Waals surface area contributed by atoms with Crippen LogP contribution >= 0.6 is 0 Å². The Morgan fingerprint density at radius 2 is 1.95 bits per heavy atom. The Morgan fingerprint density at radius 1 is 1.30 bits per heavy atom. The zero-order chi connectivity index (χ0) is 15.0. The van der Waals surface area contributed by atoms with E-state index in [2.05, 4.69) is 10.3 Å². The van der Waals surface area contributed by atoms with E-state index in [1.807, 2.05) is 26.1 Å². The second-order valence-corrected chi connectivity index (χ2v) is 6.60. The molecule has 0 aliphatic carbocycles. The third-order valence-corrected chi connectivity index (χ3v) is 5.09. The molecule has 1 heterocycles. The van der Waals surface area contributed by atoms with Crippen LogP contribution in [0.15, 0.2) is 24.5 Å². The lowest BCUT2D eigenvalue weighted by atomic mass is 10.3. The van der Waals surface area contributed by atoms with E-state index in [-0.39, 0.29) is 0 Å². The van der Waals surface area contributed by atoms with Gasteiger partial charge in [0, 0.05) is 39.1 Å². The summed E-state index contributed by atoms with van der Waals surface area (Å²) in [6.07, 6.45) is 4.14. The van der Waals surface area contributed by atoms with Crippen LogP contribution in [0.3, 0.4) is 0 Å². The lowest BCUT2D eigenvalue weighted by Gasteiger charge is -2.26. The Hall–Kier alpha value is -1.02. The van der Waals surface area contributed by atoms with Crippen LogP contribution < -0.4 is 5.32 Å². The zero-order valence-electron chi connectivity index (χ0n) is 12.4. The predicted molar refractivity (Wildman–Crippen MR) is 80.4 cm³/mol. The summed E-state index contributed by atoms with van der Waals surface area (Å²) in [7, 11) is 0.0713. The first-order chi connectivity index (χ1) is 9.52. The van der Waals surface area contributed by atoms with Crippen molar-refractivity contribution in [1.29, 1.82) is 0 Å². The van der Waals surface area contributed by atoms with Crippen LogP contribution in [0.1, 0.15) is 18.9 Å². The average Bonchev–Trinajstić information content (AvgIpc) is 2.45. The van der Waals surface area contributed by atoms with E-state index < -0.39 is 10.2 Å². The number of hydrogen-bond acceptors (Lipinski definition) is 4. The minimum absolute atomic E-state index is 0.373. The molecule has 0 amide bonds. The fourth-order valence-electron chi connectivity index (χ4n) is 1.84. The summed E-state index contributed by atoms with van der Waals surface area (Å²) in [6.45, 7) is 3.98. The van der Waals surface area contributed by atoms with Gasteiger partial charge in [0.2, 0.25) is 0 Å². The van der Waals surface area contributed by atoms with E-state index in [1.165, 1.54) is 8.61 Å². The van der Waals surface area contributed by atoms with Gasteiger partial charge in [-0.15, -0.1) is 0 Å². The molecule has 0 radical (unpaired) electrons. The quantitative estimate of drug-likeness (QED) is 0.682. The van der Waals surface area contributed by atoms with E-state index in [0.717, 1.165) is 18.5 Å². The second-order valence-electron chi connectivity index (χ2n) is 4.57. The molecule has 0 saturated carbocycles. The highest BCUT2D eigenvalue weighted by molar-refractivity contribution is 7.86. The molecule has 0 saturated heterocycles. The van der Waals surface area contributed by atoms with Crippen LogP contribution in [-0.2, 0) is 16.8 Å². The summed E-state index contributed by atoms with van der Waals surface area (Å²) in [4.78, 5) is 3.94. The van der Waals surface area contributed by atoms with Crippen molar-refractivity contribution < 1.29 is 8.42 Å². The molecular formula is C13H24N4O2S. The number of nitrogens with one attached hydrogen (secondary N) is 1. The molecule has 0 atom stereocenters. The molecule has 0 aliphatic rings. The van der Waals surface area contributed by atoms with Gasteiger partial charge in [0.1, 0.15) is 0 Å². The Balaban J connectivity index is 2.71. The second kappa shape index (κ2) is 8.31. The summed E-state index contributed by atoms with van der Waals surface area (Å²) in [5, 5.41) is 3.02. The highest BCUT2D eigenvalue weighted by Crippen LogP contribution is 2.11. The lowest BCUT2D eigenvalue weighted by molar-refractivity contribution is 0.361. The number of pyridine rings is 1. The normalized spacial score (nSPS) is 12.2. The van der Waals surface area contributed by atoms with Crippen molar-refractivity contribution in [3.8, 4) is 0 Å². The van der Waals surface area contributed by atoms with Crippen LogP contribution in [0, 0.1) is 0 Å². The largest absolute Gasteiger partial charge is 0.320 e. The molecule has 6 nitrogen and oxygen atoms in total. The molecule has 1 N–H and O–H groups in total. The lowest BCUT2D eigenvalue weighted by Crippen LogP contribution is -2.42. The zero-order valence-corrected chi connectivity index (χ0v) is 13.2. The van der Waals surface area contributed by atoms with Gasteiger partial charge in [-0.25, -0.2) is 0 Å². The maximum Gasteiger partial charge on any atom is 0.282 e. The van der Waals surface area contributed by atoms with Crippen molar-refractivity contribution in [3.05, 3.63) is 30.1 Å². The number of rotatable bonds is 9. The maximum absolute atomic E-state index is 12.5. The number of nitrogens with zero attached hydrogens (tertiary/aromatic N) is 3. The monoisotopic (exact) mass is 300 g/mol. The minimum atomic E-state index is -3.41. The van der Waals surface area contributed by atoms with Crippen LogP contribution in [-0.4, -0.2) is 55.7 Å². The first kappa shape index (κ1) is 17.0. The molecule has 1 aromatic heterocycles. The molecule has 0 aromatic carbocycles. The van der Waals surface area contributed by atoms with Crippen molar-refractivity contribution in [2.24, 2.45) is 0 Å². The smallest absolute Gasteiger partial charge is 0.282 e. The Labute approximate surface area is 122 Å². The van der Waals surface area contributed by atoms with E-state index in [0.29, 0.717) is 19.6 Å². The molecular weight excluding hydrogens is 276 g/mol. The van der Waals surface area contributed by atoms with E-state index in [1.54, 1.807) is 19.4 Å². The van der Waals surface area contributed by atoms with Crippen molar-refractivity contribution in [1.82, 2.24) is 18.9 Å². The third-order valence-electron chi connectivity index (χ3n) is 3.08. The van der Waals surface area contributed by atoms with Gasteiger partial charge < -0.3 is 5.32 Å². The Kier molecular flexibility index (Phi) is 7.08. The summed E-state index contributed by atoms with van der Waals surface area (Å²) >= 11 is 0. The fraction of sp³-hybridized carbons (Fsp3) is 0.615. The summed E-state index contributed by atoms with van der Waals surface area (Å²) in [6, 6.07) is 3.67. The van der Waals surface area contributed by atoms with Crippen molar-refractivity contribution in [2.45, 2.75) is 19.9 Å². The highest BCUT2D eigenvalue weighted by Gasteiger charge is 2.25. The van der Waals surface area contributed by atoms with Gasteiger partial charge in [-0.05, 0) is 37.7 Å². The van der Waals surface area contributed by atoms with Crippen LogP contribution in [0.25, 0.3) is 0 Å². The summed E-state index contributed by atoms with van der Waals surface area (Å²) in [5.74, 6) is 0. The standard InChI is InChI=1S/C13H24N4O2S/c1-4-17(12-13-6-9-15-10-7-13)20(18,19)16(3)11-5-8-14-2/h6-7,9-10,14H,4-5,8,11-12H2,1-3H3. The van der Waals surface area contributed by atoms with Crippen molar-refractivity contribution >= 4 is 10.2 Å². The van der Waals surface area contributed by atoms with Gasteiger partial charge in [0.15, 0.2) is 0 Å². The Bertz CT molecular complexity index is 478. The van der Waals surface area contributed by atoms with E-state index >= 15 is 0 Å². The van der Waals surface area contributed by atoms with Crippen LogP contribution in [0.2, 0.25) is 0 Å². The average molecular weight is 300 g/mol. The van der Waals surface area contributed by atoms with Crippen molar-refractivity contribution in [2.75, 3.05) is 33.7 Å². The Morgan fingerprint density at radius 3 is 2.50 bits per heavy atom. The molecule has 1 rings (SSSR count). The molecule has 1 aromatic rings. The molecule has 0 unspecified atom stereocenters. The van der Waals surface area contributed by atoms with Crippen LogP contribution in [0.5, 0.6) is 0 Å². The maximum atomic E-state index is 12.5. The molecule has 0 fully saturated rings. The predicted octanol–water partition coefficient (Wildman–Crippen LogP) is 0.690. The van der Waals surface area contributed by atoms with E-state index in [9.17, 15) is 8.42 Å². The fourth-order valence-corrected chi connectivity index (χ4v) is 3.23. The topological polar surface area (TPSA) is 65.5 Å². The van der Waals surface area contributed by atoms with Gasteiger partial charge in [0.05, 0.1) is 0 Å². The van der Waals surface area contributed by atoms with Crippen LogP contribution in [0.4, 0.5) is 0 Å². The molecule has 0 bridgehead atoms. The van der Waals surface area contributed by atoms with Gasteiger partial charge >= 0.3 is 0 Å².